The summed E-state index contributed by atoms with van der Waals surface area (Å²) in [5.41, 5.74) is -1.04. The molecule has 0 radical (unpaired) electrons. The maximum atomic E-state index is 12.7. The minimum atomic E-state index is -1.75. The van der Waals surface area contributed by atoms with Crippen LogP contribution in [0.5, 0.6) is 0 Å². The molecule has 1 N–H and O–H groups in total. The number of allylic oxidation sites excluding steroid dienone is 1. The first-order valence-corrected chi connectivity index (χ1v) is 8.37. The molecule has 0 saturated carbocycles. The van der Waals surface area contributed by atoms with Gasteiger partial charge in [-0.1, -0.05) is 12.0 Å². The predicted molar refractivity (Wildman–Crippen MR) is 84.0 cm³/mol. The molecular formula is C18H25NO3. The second-order valence-electron chi connectivity index (χ2n) is 6.69. The quantitative estimate of drug-likeness (QED) is 0.491. The van der Waals surface area contributed by atoms with Gasteiger partial charge in [-0.05, 0) is 70.5 Å². The number of esters is 1. The van der Waals surface area contributed by atoms with Gasteiger partial charge in [0, 0.05) is 6.04 Å². The Morgan fingerprint density at radius 1 is 1.45 bits per heavy atom. The zero-order valence-electron chi connectivity index (χ0n) is 13.5. The van der Waals surface area contributed by atoms with Crippen molar-refractivity contribution in [1.29, 1.82) is 0 Å². The third kappa shape index (κ3) is 2.57. The second kappa shape index (κ2) is 6.06. The van der Waals surface area contributed by atoms with E-state index in [1.807, 2.05) is 6.08 Å². The molecule has 4 heteroatoms. The van der Waals surface area contributed by atoms with Crippen LogP contribution in [-0.2, 0) is 9.53 Å². The van der Waals surface area contributed by atoms with Gasteiger partial charge in [-0.3, -0.25) is 4.90 Å². The molecule has 0 aromatic rings. The van der Waals surface area contributed by atoms with E-state index < -0.39 is 11.6 Å². The van der Waals surface area contributed by atoms with Gasteiger partial charge in [0.15, 0.2) is 0 Å². The number of carbonyl (C=O) groups excluding carboxylic acids is 1. The van der Waals surface area contributed by atoms with Crippen LogP contribution in [0, 0.1) is 17.8 Å². The average molecular weight is 303 g/mol. The Labute approximate surface area is 132 Å². The topological polar surface area (TPSA) is 49.8 Å². The Hall–Kier alpha value is -1.31. The summed E-state index contributed by atoms with van der Waals surface area (Å²) in [7, 11) is 0. The molecule has 0 aromatic carbocycles. The van der Waals surface area contributed by atoms with Crippen LogP contribution in [0.3, 0.4) is 0 Å². The minimum Gasteiger partial charge on any atom is -0.457 e. The number of ether oxygens (including phenoxy) is 1. The summed E-state index contributed by atoms with van der Waals surface area (Å²) >= 11 is 0. The van der Waals surface area contributed by atoms with Gasteiger partial charge in [0.05, 0.1) is 0 Å². The lowest BCUT2D eigenvalue weighted by atomic mass is 9.81. The van der Waals surface area contributed by atoms with Crippen LogP contribution in [0.2, 0.25) is 0 Å². The van der Waals surface area contributed by atoms with Crippen molar-refractivity contribution in [3.8, 4) is 11.8 Å². The van der Waals surface area contributed by atoms with E-state index >= 15 is 0 Å². The van der Waals surface area contributed by atoms with Gasteiger partial charge in [-0.15, -0.1) is 5.92 Å². The molecule has 1 aliphatic carbocycles. The Morgan fingerprint density at radius 3 is 2.73 bits per heavy atom. The van der Waals surface area contributed by atoms with Crippen molar-refractivity contribution in [2.75, 3.05) is 13.1 Å². The predicted octanol–water partition coefficient (Wildman–Crippen LogP) is 1.88. The smallest absolute Gasteiger partial charge is 0.355 e. The molecule has 4 aliphatic rings. The van der Waals surface area contributed by atoms with E-state index in [-0.39, 0.29) is 12.1 Å². The fourth-order valence-corrected chi connectivity index (χ4v) is 4.10. The number of hydrogen-bond acceptors (Lipinski definition) is 4. The maximum absolute atomic E-state index is 12.7. The molecule has 3 fully saturated rings. The first-order valence-electron chi connectivity index (χ1n) is 8.37. The Kier molecular flexibility index (Phi) is 4.29. The molecule has 3 aliphatic heterocycles. The lowest BCUT2D eigenvalue weighted by Crippen LogP contribution is -2.59. The third-order valence-corrected chi connectivity index (χ3v) is 5.44. The average Bonchev–Trinajstić information content (AvgIpc) is 3.06. The fourth-order valence-electron chi connectivity index (χ4n) is 4.10. The van der Waals surface area contributed by atoms with Crippen molar-refractivity contribution < 1.29 is 14.6 Å². The summed E-state index contributed by atoms with van der Waals surface area (Å²) in [5.74, 6) is 5.23. The molecule has 3 saturated heterocycles. The highest BCUT2D eigenvalue weighted by Crippen LogP contribution is 2.36. The Balaban J connectivity index is 1.78. The number of nitrogens with zero attached hydrogens (tertiary/aromatic N) is 1. The van der Waals surface area contributed by atoms with Crippen LogP contribution in [0.4, 0.5) is 0 Å². The fraction of sp³-hybridized carbons (Fsp3) is 0.722. The molecule has 4 nitrogen and oxygen atoms in total. The summed E-state index contributed by atoms with van der Waals surface area (Å²) in [6, 6.07) is 0.229. The number of carbonyl (C=O) groups is 1. The molecule has 120 valence electrons. The van der Waals surface area contributed by atoms with E-state index in [9.17, 15) is 9.90 Å². The molecule has 2 bridgehead atoms. The highest BCUT2D eigenvalue weighted by Gasteiger charge is 2.47. The van der Waals surface area contributed by atoms with Crippen molar-refractivity contribution in [2.45, 2.75) is 63.7 Å². The minimum absolute atomic E-state index is 0.123. The molecule has 0 aromatic heterocycles. The van der Waals surface area contributed by atoms with E-state index in [4.69, 9.17) is 4.74 Å². The zero-order chi connectivity index (χ0) is 15.7. The number of fused-ring (bicyclic) bond motifs is 3. The molecule has 22 heavy (non-hydrogen) atoms. The molecule has 0 spiro atoms. The highest BCUT2D eigenvalue weighted by atomic mass is 16.6. The number of rotatable bonds is 3. The summed E-state index contributed by atoms with van der Waals surface area (Å²) in [5, 5.41) is 10.8. The first kappa shape index (κ1) is 15.6. The van der Waals surface area contributed by atoms with Gasteiger partial charge >= 0.3 is 5.97 Å². The highest BCUT2D eigenvalue weighted by molar-refractivity contribution is 5.88. The monoisotopic (exact) mass is 303 g/mol. The van der Waals surface area contributed by atoms with Gasteiger partial charge in [0.25, 0.3) is 0 Å². The van der Waals surface area contributed by atoms with Crippen molar-refractivity contribution >= 4 is 5.97 Å². The lowest BCUT2D eigenvalue weighted by molar-refractivity contribution is -0.177. The van der Waals surface area contributed by atoms with Crippen LogP contribution >= 0.6 is 0 Å². The standard InChI is InChI=1S/C18H25NO3/c1-3-10-18(21,15-6-4-5-7-15)17(20)22-16-13(2)19-11-8-14(16)9-12-19/h6,13-14,16,21H,4-5,7-9,11-12H2,1-2H3/t13-,16-,18-/m0/s1. The number of piperidine rings is 3. The molecule has 3 heterocycles. The van der Waals surface area contributed by atoms with Crippen LogP contribution in [-0.4, -0.2) is 46.8 Å². The summed E-state index contributed by atoms with van der Waals surface area (Å²) in [6.07, 6.45) is 6.54. The molecule has 4 rings (SSSR count). The van der Waals surface area contributed by atoms with Crippen LogP contribution in [0.15, 0.2) is 11.6 Å². The molecular weight excluding hydrogens is 278 g/mol. The molecule has 3 atom stereocenters. The zero-order valence-corrected chi connectivity index (χ0v) is 13.5. The van der Waals surface area contributed by atoms with Crippen molar-refractivity contribution in [2.24, 2.45) is 5.92 Å². The third-order valence-electron chi connectivity index (χ3n) is 5.44. The number of hydrogen-bond donors (Lipinski definition) is 1. The van der Waals surface area contributed by atoms with E-state index in [1.165, 1.54) is 0 Å². The normalized spacial score (nSPS) is 36.0. The maximum Gasteiger partial charge on any atom is 0.355 e. The van der Waals surface area contributed by atoms with Gasteiger partial charge in [0.1, 0.15) is 6.10 Å². The van der Waals surface area contributed by atoms with E-state index in [2.05, 4.69) is 23.7 Å². The summed E-state index contributed by atoms with van der Waals surface area (Å²) in [6.45, 7) is 5.93. The van der Waals surface area contributed by atoms with Crippen LogP contribution < -0.4 is 0 Å². The second-order valence-corrected chi connectivity index (χ2v) is 6.69. The molecule has 0 amide bonds. The Bertz CT molecular complexity index is 534. The van der Waals surface area contributed by atoms with Crippen LogP contribution in [0.25, 0.3) is 0 Å². The largest absolute Gasteiger partial charge is 0.457 e. The summed E-state index contributed by atoms with van der Waals surface area (Å²) in [4.78, 5) is 15.1. The van der Waals surface area contributed by atoms with E-state index in [0.717, 1.165) is 45.2 Å². The van der Waals surface area contributed by atoms with Gasteiger partial charge in [-0.2, -0.15) is 0 Å². The van der Waals surface area contributed by atoms with Gasteiger partial charge in [-0.25, -0.2) is 4.79 Å². The Morgan fingerprint density at radius 2 is 2.18 bits per heavy atom. The van der Waals surface area contributed by atoms with Crippen molar-refractivity contribution in [3.05, 3.63) is 11.6 Å². The number of aliphatic hydroxyl groups is 1. The van der Waals surface area contributed by atoms with Gasteiger partial charge in [0.2, 0.25) is 5.60 Å². The first-order chi connectivity index (χ1) is 10.6. The van der Waals surface area contributed by atoms with Crippen LogP contribution in [0.1, 0.15) is 46.0 Å². The van der Waals surface area contributed by atoms with Gasteiger partial charge < -0.3 is 9.84 Å². The SMILES string of the molecule is CC#C[C@@](O)(C(=O)O[C@@H]1C2CCN(CC2)[C@H]1C)C1=CCCC1. The molecule has 0 unspecified atom stereocenters. The van der Waals surface area contributed by atoms with Crippen molar-refractivity contribution in [3.63, 3.8) is 0 Å². The summed E-state index contributed by atoms with van der Waals surface area (Å²) < 4.78 is 5.79. The van der Waals surface area contributed by atoms with E-state index in [0.29, 0.717) is 11.5 Å². The van der Waals surface area contributed by atoms with E-state index in [1.54, 1.807) is 6.92 Å². The van der Waals surface area contributed by atoms with Crippen molar-refractivity contribution in [1.82, 2.24) is 4.90 Å². The lowest BCUT2D eigenvalue weighted by Gasteiger charge is -2.49.